The van der Waals surface area contributed by atoms with Crippen LogP contribution in [0.5, 0.6) is 5.75 Å². The first kappa shape index (κ1) is 15.9. The number of aromatic nitrogens is 1. The topological polar surface area (TPSA) is 80.6 Å². The summed E-state index contributed by atoms with van der Waals surface area (Å²) in [4.78, 5) is 23.5. The van der Waals surface area contributed by atoms with Gasteiger partial charge in [0.2, 0.25) is 0 Å². The maximum Gasteiger partial charge on any atom is 0.326 e. The van der Waals surface area contributed by atoms with Crippen LogP contribution in [0.2, 0.25) is 0 Å². The lowest BCUT2D eigenvalue weighted by Gasteiger charge is -2.13. The van der Waals surface area contributed by atoms with Gasteiger partial charge in [-0.25, -0.2) is 4.79 Å². The molecule has 2 N–H and O–H groups in total. The van der Waals surface area contributed by atoms with E-state index in [1.807, 2.05) is 25.1 Å². The number of hydrogen-bond donors (Lipinski definition) is 2. The maximum atomic E-state index is 12.4. The zero-order chi connectivity index (χ0) is 16.3. The molecule has 0 aliphatic carbocycles. The predicted octanol–water partition coefficient (Wildman–Crippen LogP) is 2.17. The quantitative estimate of drug-likeness (QED) is 0.857. The van der Waals surface area contributed by atoms with Crippen LogP contribution in [0.3, 0.4) is 0 Å². The number of nitrogens with zero attached hydrogens (tertiary/aromatic N) is 1. The molecule has 0 saturated heterocycles. The molecule has 0 fully saturated rings. The number of fused-ring (bicyclic) bond motifs is 1. The van der Waals surface area contributed by atoms with Crippen molar-refractivity contribution in [1.29, 1.82) is 0 Å². The molecule has 2 aromatic rings. The Bertz CT molecular complexity index is 705. The van der Waals surface area contributed by atoms with Gasteiger partial charge in [0.05, 0.1) is 7.11 Å². The lowest BCUT2D eigenvalue weighted by molar-refractivity contribution is -0.139. The number of rotatable bonds is 6. The molecule has 0 aliphatic heterocycles. The Morgan fingerprint density at radius 3 is 2.68 bits per heavy atom. The molecular formula is C16H20N2O4. The number of ether oxygens (including phenoxy) is 1. The Kier molecular flexibility index (Phi) is 4.70. The van der Waals surface area contributed by atoms with Crippen LogP contribution in [0.1, 0.15) is 30.3 Å². The molecule has 0 saturated carbocycles. The third kappa shape index (κ3) is 3.05. The number of hydrogen-bond acceptors (Lipinski definition) is 3. The first-order valence-corrected chi connectivity index (χ1v) is 7.15. The van der Waals surface area contributed by atoms with Crippen molar-refractivity contribution in [2.75, 3.05) is 7.11 Å². The fourth-order valence-electron chi connectivity index (χ4n) is 2.45. The van der Waals surface area contributed by atoms with Crippen molar-refractivity contribution in [1.82, 2.24) is 9.88 Å². The summed E-state index contributed by atoms with van der Waals surface area (Å²) in [6, 6.07) is 6.39. The van der Waals surface area contributed by atoms with Crippen LogP contribution in [0.4, 0.5) is 0 Å². The number of methoxy groups -OCH3 is 1. The zero-order valence-corrected chi connectivity index (χ0v) is 12.9. The van der Waals surface area contributed by atoms with Crippen molar-refractivity contribution in [2.45, 2.75) is 25.8 Å². The van der Waals surface area contributed by atoms with Gasteiger partial charge in [0.1, 0.15) is 17.5 Å². The van der Waals surface area contributed by atoms with E-state index >= 15 is 0 Å². The number of aryl methyl sites for hydroxylation is 1. The summed E-state index contributed by atoms with van der Waals surface area (Å²) >= 11 is 0. The molecule has 2 rings (SSSR count). The van der Waals surface area contributed by atoms with E-state index in [1.54, 1.807) is 24.8 Å². The van der Waals surface area contributed by atoms with Gasteiger partial charge in [0.25, 0.3) is 5.91 Å². The number of carboxylic acid groups (broad SMARTS) is 1. The van der Waals surface area contributed by atoms with E-state index < -0.39 is 17.9 Å². The molecule has 0 bridgehead atoms. The molecule has 22 heavy (non-hydrogen) atoms. The molecule has 1 aromatic carbocycles. The number of amides is 1. The number of nitrogens with one attached hydrogen (secondary N) is 1. The van der Waals surface area contributed by atoms with E-state index in [0.29, 0.717) is 24.3 Å². The standard InChI is InChI=1S/C16H20N2O4/c1-4-5-12(16(20)21)17-15(19)14-9-10-8-11(22-3)6-7-13(10)18(14)2/h6-9,12H,4-5H2,1-3H3,(H,17,19)(H,20,21)/t12-/m1/s1. The lowest BCUT2D eigenvalue weighted by Crippen LogP contribution is -2.41. The van der Waals surface area contributed by atoms with Crippen LogP contribution in [0.25, 0.3) is 10.9 Å². The van der Waals surface area contributed by atoms with Gasteiger partial charge in [-0.2, -0.15) is 0 Å². The molecule has 1 atom stereocenters. The van der Waals surface area contributed by atoms with E-state index in [-0.39, 0.29) is 0 Å². The lowest BCUT2D eigenvalue weighted by atomic mass is 10.1. The first-order valence-electron chi connectivity index (χ1n) is 7.15. The molecule has 0 radical (unpaired) electrons. The molecule has 0 spiro atoms. The third-order valence-electron chi connectivity index (χ3n) is 3.66. The van der Waals surface area contributed by atoms with E-state index in [2.05, 4.69) is 5.32 Å². The molecule has 1 aromatic heterocycles. The zero-order valence-electron chi connectivity index (χ0n) is 12.9. The second kappa shape index (κ2) is 6.51. The van der Waals surface area contributed by atoms with Gasteiger partial charge in [-0.3, -0.25) is 4.79 Å². The highest BCUT2D eigenvalue weighted by Crippen LogP contribution is 2.23. The Morgan fingerprint density at radius 1 is 1.36 bits per heavy atom. The van der Waals surface area contributed by atoms with Gasteiger partial charge in [-0.15, -0.1) is 0 Å². The number of benzene rings is 1. The van der Waals surface area contributed by atoms with Crippen LogP contribution >= 0.6 is 0 Å². The summed E-state index contributed by atoms with van der Waals surface area (Å²) in [6.45, 7) is 1.88. The van der Waals surface area contributed by atoms with Crippen LogP contribution in [-0.2, 0) is 11.8 Å². The summed E-state index contributed by atoms with van der Waals surface area (Å²) in [5, 5.41) is 12.6. The average molecular weight is 304 g/mol. The minimum atomic E-state index is -1.02. The van der Waals surface area contributed by atoms with E-state index in [9.17, 15) is 9.59 Å². The number of carbonyl (C=O) groups excluding carboxylic acids is 1. The maximum absolute atomic E-state index is 12.4. The van der Waals surface area contributed by atoms with Gasteiger partial charge < -0.3 is 19.7 Å². The van der Waals surface area contributed by atoms with Gasteiger partial charge in [0.15, 0.2) is 0 Å². The minimum Gasteiger partial charge on any atom is -0.497 e. The molecule has 0 unspecified atom stereocenters. The summed E-state index contributed by atoms with van der Waals surface area (Å²) < 4.78 is 6.92. The molecule has 0 aliphatic rings. The Morgan fingerprint density at radius 2 is 2.09 bits per heavy atom. The van der Waals surface area contributed by atoms with Crippen molar-refractivity contribution in [3.8, 4) is 5.75 Å². The van der Waals surface area contributed by atoms with Gasteiger partial charge in [-0.05, 0) is 30.7 Å². The number of aliphatic carboxylic acids is 1. The normalized spacial score (nSPS) is 12.1. The summed E-state index contributed by atoms with van der Waals surface area (Å²) in [7, 11) is 3.36. The molecule has 6 heteroatoms. The predicted molar refractivity (Wildman–Crippen MR) is 83.3 cm³/mol. The van der Waals surface area contributed by atoms with Crippen molar-refractivity contribution in [3.63, 3.8) is 0 Å². The van der Waals surface area contributed by atoms with Crippen LogP contribution in [-0.4, -0.2) is 34.7 Å². The Hall–Kier alpha value is -2.50. The molecular weight excluding hydrogens is 284 g/mol. The summed E-state index contributed by atoms with van der Waals surface area (Å²) in [6.07, 6.45) is 1.09. The molecule has 1 amide bonds. The van der Waals surface area contributed by atoms with Gasteiger partial charge in [-0.1, -0.05) is 13.3 Å². The highest BCUT2D eigenvalue weighted by Gasteiger charge is 2.21. The smallest absolute Gasteiger partial charge is 0.326 e. The van der Waals surface area contributed by atoms with Crippen LogP contribution in [0.15, 0.2) is 24.3 Å². The SMILES string of the molecule is CCC[C@@H](NC(=O)c1cc2cc(OC)ccc2n1C)C(=O)O. The first-order chi connectivity index (χ1) is 10.5. The number of carboxylic acids is 1. The number of carbonyl (C=O) groups is 2. The van der Waals surface area contributed by atoms with Crippen LogP contribution in [0, 0.1) is 0 Å². The largest absolute Gasteiger partial charge is 0.497 e. The fourth-order valence-corrected chi connectivity index (χ4v) is 2.45. The Balaban J connectivity index is 2.31. The van der Waals surface area contributed by atoms with E-state index in [1.165, 1.54) is 0 Å². The second-order valence-corrected chi connectivity index (χ2v) is 5.17. The monoisotopic (exact) mass is 304 g/mol. The molecule has 1 heterocycles. The van der Waals surface area contributed by atoms with Crippen molar-refractivity contribution in [3.05, 3.63) is 30.0 Å². The highest BCUT2D eigenvalue weighted by atomic mass is 16.5. The summed E-state index contributed by atoms with van der Waals surface area (Å²) in [5.74, 6) is -0.700. The van der Waals surface area contributed by atoms with Gasteiger partial charge >= 0.3 is 5.97 Å². The average Bonchev–Trinajstić information content (AvgIpc) is 2.83. The Labute approximate surface area is 128 Å². The summed E-state index contributed by atoms with van der Waals surface area (Å²) in [5.41, 5.74) is 1.30. The highest BCUT2D eigenvalue weighted by molar-refractivity contribution is 6.00. The second-order valence-electron chi connectivity index (χ2n) is 5.17. The van der Waals surface area contributed by atoms with Crippen molar-refractivity contribution in [2.24, 2.45) is 7.05 Å². The van der Waals surface area contributed by atoms with E-state index in [0.717, 1.165) is 10.9 Å². The molecule has 118 valence electrons. The minimum absolute atomic E-state index is 0.390. The van der Waals surface area contributed by atoms with E-state index in [4.69, 9.17) is 9.84 Å². The van der Waals surface area contributed by atoms with Crippen molar-refractivity contribution >= 4 is 22.8 Å². The van der Waals surface area contributed by atoms with Crippen molar-refractivity contribution < 1.29 is 19.4 Å². The third-order valence-corrected chi connectivity index (χ3v) is 3.66. The van der Waals surface area contributed by atoms with Crippen LogP contribution < -0.4 is 10.1 Å². The van der Waals surface area contributed by atoms with Gasteiger partial charge in [0, 0.05) is 18.0 Å². The fraction of sp³-hybridized carbons (Fsp3) is 0.375. The molecule has 6 nitrogen and oxygen atoms in total.